The molecule has 6 nitrogen and oxygen atoms in total. The van der Waals surface area contributed by atoms with Crippen LogP contribution in [-0.2, 0) is 29.9 Å². The van der Waals surface area contributed by atoms with Crippen LogP contribution in [0.15, 0.2) is 104 Å². The van der Waals surface area contributed by atoms with Gasteiger partial charge in [-0.15, -0.1) is 11.3 Å². The van der Waals surface area contributed by atoms with Gasteiger partial charge in [0.1, 0.15) is 5.69 Å². The zero-order valence-electron chi connectivity index (χ0n) is 34.3. The summed E-state index contributed by atoms with van der Waals surface area (Å²) in [7, 11) is 4.57. The zero-order chi connectivity index (χ0) is 43.2. The number of hydrogen-bond acceptors (Lipinski definition) is 6. The van der Waals surface area contributed by atoms with Gasteiger partial charge in [0.05, 0.1) is 22.8 Å². The summed E-state index contributed by atoms with van der Waals surface area (Å²) >= 11 is 3.59. The first-order chi connectivity index (χ1) is 29.2. The average molecular weight is 937 g/mol. The fourth-order valence-electron chi connectivity index (χ4n) is 5.83. The fourth-order valence-corrected chi connectivity index (χ4v) is 6.78. The third-order valence-corrected chi connectivity index (χ3v) is 9.96. The predicted molar refractivity (Wildman–Crippen MR) is 241 cm³/mol. The third-order valence-electron chi connectivity index (χ3n) is 8.85. The Balaban J connectivity index is 0.000000255. The fraction of sp³-hybridized carbons (Fsp3) is 0.271. The summed E-state index contributed by atoms with van der Waals surface area (Å²) in [5.41, 5.74) is 7.12. The van der Waals surface area contributed by atoms with Gasteiger partial charge in [0, 0.05) is 34.0 Å². The number of halogens is 4. The molecule has 0 saturated heterocycles. The van der Waals surface area contributed by atoms with Gasteiger partial charge in [-0.05, 0) is 127 Å². The number of unbranched alkanes of at least 4 members (excludes halogenated alkanes) is 3. The van der Waals surface area contributed by atoms with Gasteiger partial charge in [0.2, 0.25) is 0 Å². The van der Waals surface area contributed by atoms with Gasteiger partial charge in [0.15, 0.2) is 0 Å². The van der Waals surface area contributed by atoms with Crippen molar-refractivity contribution < 1.29 is 30.5 Å². The minimum atomic E-state index is -4.50. The summed E-state index contributed by atoms with van der Waals surface area (Å²) in [6.07, 6.45) is 26.6. The molecule has 0 unspecified atom stereocenters. The van der Waals surface area contributed by atoms with Crippen LogP contribution in [0.5, 0.6) is 0 Å². The Morgan fingerprint density at radius 2 is 1.12 bits per heavy atom. The number of alkyl halides is 3. The Bertz CT molecular complexity index is 2250. The van der Waals surface area contributed by atoms with Crippen LogP contribution in [0.2, 0.25) is 0 Å². The molecular weight excluding hydrogens is 886 g/mol. The van der Waals surface area contributed by atoms with E-state index in [1.165, 1.54) is 30.6 Å². The van der Waals surface area contributed by atoms with Crippen LogP contribution >= 0.6 is 21.0 Å². The molecule has 0 N–H and O–H groups in total. The number of allylic oxidation sites excluding steroid dienone is 3. The summed E-state index contributed by atoms with van der Waals surface area (Å²) in [6.45, 7) is 8.60. The Hall–Kier alpha value is -4.83. The van der Waals surface area contributed by atoms with Crippen molar-refractivity contribution in [1.29, 1.82) is 0 Å². The molecule has 0 aliphatic heterocycles. The van der Waals surface area contributed by atoms with Crippen LogP contribution in [0.4, 0.5) is 13.2 Å². The monoisotopic (exact) mass is 936 g/mol. The third kappa shape index (κ3) is 15.6. The van der Waals surface area contributed by atoms with Gasteiger partial charge in [-0.3, -0.25) is 15.0 Å². The molecule has 12 heteroatoms. The molecule has 6 rings (SSSR count). The number of thiophene rings is 1. The van der Waals surface area contributed by atoms with E-state index >= 15 is 0 Å². The Morgan fingerprint density at radius 3 is 1.65 bits per heavy atom. The summed E-state index contributed by atoms with van der Waals surface area (Å²) in [5, 5.41) is 6.80. The van der Waals surface area contributed by atoms with E-state index < -0.39 is 11.9 Å². The molecule has 0 amide bonds. The quantitative estimate of drug-likeness (QED) is 0.0711. The van der Waals surface area contributed by atoms with Crippen molar-refractivity contribution >= 4 is 51.4 Å². The van der Waals surface area contributed by atoms with E-state index in [2.05, 4.69) is 135 Å². The van der Waals surface area contributed by atoms with Gasteiger partial charge in [-0.2, -0.15) is 13.2 Å². The van der Waals surface area contributed by atoms with E-state index in [-0.39, 0.29) is 5.69 Å². The molecular formula is C48H50ClF3N6RuS. The molecule has 0 aromatic carbocycles. The molecule has 0 radical (unpaired) electrons. The van der Waals surface area contributed by atoms with Crippen molar-refractivity contribution in [2.75, 3.05) is 0 Å². The number of pyridine rings is 4. The SMILES string of the molecule is CC/C=C/c1ccnc(-c2cc(/C=C/CC)cc(-c3cc(/C=C/CC)ccn3)n2)c1.CCCCCCc1ccc(/C=C/c2ccnc(-c3cc(C(F)(F)F)n[n-]3)c2)s1.[Cl][Ru+]. The first-order valence-corrected chi connectivity index (χ1v) is 23.1. The number of aromatic nitrogens is 6. The van der Waals surface area contributed by atoms with Gasteiger partial charge < -0.3 is 10.2 Å². The summed E-state index contributed by atoms with van der Waals surface area (Å²) < 4.78 is 38.1. The van der Waals surface area contributed by atoms with Crippen molar-refractivity contribution in [1.82, 2.24) is 30.1 Å². The number of hydrogen-bond donors (Lipinski definition) is 0. The second-order valence-electron chi connectivity index (χ2n) is 13.6. The van der Waals surface area contributed by atoms with E-state index in [1.807, 2.05) is 54.0 Å². The zero-order valence-corrected chi connectivity index (χ0v) is 37.6. The maximum atomic E-state index is 12.7. The number of nitrogens with zero attached hydrogens (tertiary/aromatic N) is 6. The van der Waals surface area contributed by atoms with E-state index in [1.54, 1.807) is 29.7 Å². The van der Waals surface area contributed by atoms with E-state index in [0.717, 1.165) is 81.7 Å². The Morgan fingerprint density at radius 1 is 0.600 bits per heavy atom. The van der Waals surface area contributed by atoms with Crippen LogP contribution < -0.4 is 5.10 Å². The molecule has 0 aliphatic carbocycles. The molecule has 0 fully saturated rings. The van der Waals surface area contributed by atoms with Crippen LogP contribution in [0, 0.1) is 0 Å². The molecule has 0 spiro atoms. The van der Waals surface area contributed by atoms with Crippen molar-refractivity contribution in [3.8, 4) is 34.2 Å². The topological polar surface area (TPSA) is 78.6 Å². The van der Waals surface area contributed by atoms with Crippen molar-refractivity contribution in [3.05, 3.63) is 141 Å². The second kappa shape index (κ2) is 25.7. The van der Waals surface area contributed by atoms with Crippen LogP contribution in [0.1, 0.15) is 110 Å². The van der Waals surface area contributed by atoms with Gasteiger partial charge in [-0.1, -0.05) is 95.2 Å². The van der Waals surface area contributed by atoms with E-state index in [0.29, 0.717) is 5.69 Å². The molecule has 0 atom stereocenters. The first kappa shape index (κ1) is 47.8. The standard InChI is InChI=1S/C27H29N3.C21H21F3N3S.ClH.Ru/c1-4-7-10-21-13-15-28-24(17-21)26-19-23(12-9-6-3)20-27(30-26)25-18-22(11-8-5-2)14-16-29-25;1-2-3-4-5-6-16-9-10-17(28-16)8-7-15-11-12-25-18(13-15)19-14-20(27-26-19)21(22,23)24;;/h7-20H,4-6H2,1-3H3;7-14H,2-6H2,1H3;1H;/q;-1;;+2/p-1/b10-7+,11-8+,12-9+;8-7+;;. The van der Waals surface area contributed by atoms with E-state index in [4.69, 9.17) is 4.98 Å². The van der Waals surface area contributed by atoms with Gasteiger partial charge in [0.25, 0.3) is 0 Å². The molecule has 314 valence electrons. The van der Waals surface area contributed by atoms with Gasteiger partial charge in [-0.25, -0.2) is 4.98 Å². The normalized spacial score (nSPS) is 11.7. The average Bonchev–Trinajstić information content (AvgIpc) is 3.97. The Kier molecular flexibility index (Phi) is 20.5. The maximum absolute atomic E-state index is 12.7. The number of rotatable bonds is 16. The second-order valence-corrected chi connectivity index (χ2v) is 14.8. The predicted octanol–water partition coefficient (Wildman–Crippen LogP) is 14.6. The summed E-state index contributed by atoms with van der Waals surface area (Å²) in [5.74, 6) is 0. The summed E-state index contributed by atoms with van der Waals surface area (Å²) in [4.78, 5) is 20.7. The van der Waals surface area contributed by atoms with Gasteiger partial charge >= 0.3 is 33.2 Å². The van der Waals surface area contributed by atoms with Crippen LogP contribution in [-0.4, -0.2) is 25.0 Å². The van der Waals surface area contributed by atoms with Crippen LogP contribution in [0.25, 0.3) is 64.5 Å². The van der Waals surface area contributed by atoms with Crippen molar-refractivity contribution in [3.63, 3.8) is 0 Å². The van der Waals surface area contributed by atoms with E-state index in [9.17, 15) is 13.2 Å². The molecule has 6 heterocycles. The molecule has 6 aromatic rings. The first-order valence-electron chi connectivity index (χ1n) is 20.1. The number of aryl methyl sites for hydroxylation is 1. The molecule has 0 aliphatic rings. The molecule has 0 bridgehead atoms. The minimum absolute atomic E-state index is 0.119. The van der Waals surface area contributed by atoms with Crippen molar-refractivity contribution in [2.45, 2.75) is 85.2 Å². The summed E-state index contributed by atoms with van der Waals surface area (Å²) in [6, 6.07) is 21.1. The van der Waals surface area contributed by atoms with Crippen LogP contribution in [0.3, 0.4) is 0 Å². The molecule has 60 heavy (non-hydrogen) atoms. The molecule has 0 saturated carbocycles. The Labute approximate surface area is 370 Å². The van der Waals surface area contributed by atoms with Crippen molar-refractivity contribution in [2.24, 2.45) is 0 Å². The molecule has 6 aromatic heterocycles.